The number of carboxylic acid groups (broad SMARTS) is 1. The SMILES string of the molecule is Cn1cnc(C=C2C(=O)N3C(C(=O)O)=CS[C@@H]23)n1. The molecule has 0 saturated carbocycles. The van der Waals surface area contributed by atoms with Gasteiger partial charge in [-0.15, -0.1) is 11.8 Å². The molecule has 92 valence electrons. The van der Waals surface area contributed by atoms with E-state index in [1.807, 2.05) is 0 Å². The largest absolute Gasteiger partial charge is 0.477 e. The molecule has 0 aliphatic carbocycles. The lowest BCUT2D eigenvalue weighted by atomic mass is 10.0. The van der Waals surface area contributed by atoms with Gasteiger partial charge in [0.2, 0.25) is 0 Å². The first-order chi connectivity index (χ1) is 8.58. The van der Waals surface area contributed by atoms with Crippen LogP contribution < -0.4 is 0 Å². The van der Waals surface area contributed by atoms with Crippen molar-refractivity contribution in [3.8, 4) is 0 Å². The Bertz CT molecular complexity index is 618. The minimum absolute atomic E-state index is 0.0288. The van der Waals surface area contributed by atoms with Gasteiger partial charge < -0.3 is 5.11 Å². The molecule has 0 spiro atoms. The third-order valence-electron chi connectivity index (χ3n) is 2.66. The number of fused-ring (bicyclic) bond motifs is 1. The number of hydrogen-bond donors (Lipinski definition) is 1. The van der Waals surface area contributed by atoms with Crippen molar-refractivity contribution in [3.63, 3.8) is 0 Å². The zero-order valence-corrected chi connectivity index (χ0v) is 10.1. The van der Waals surface area contributed by atoms with E-state index in [-0.39, 0.29) is 17.0 Å². The van der Waals surface area contributed by atoms with Crippen LogP contribution in [0.3, 0.4) is 0 Å². The molecule has 18 heavy (non-hydrogen) atoms. The second kappa shape index (κ2) is 3.70. The van der Waals surface area contributed by atoms with Gasteiger partial charge in [-0.2, -0.15) is 5.10 Å². The molecule has 1 saturated heterocycles. The summed E-state index contributed by atoms with van der Waals surface area (Å²) in [7, 11) is 1.73. The number of β-lactam (4-membered cyclic amide) rings is 1. The van der Waals surface area contributed by atoms with Crippen LogP contribution in [0.5, 0.6) is 0 Å². The molecule has 0 radical (unpaired) electrons. The second-order valence-corrected chi connectivity index (χ2v) is 4.80. The van der Waals surface area contributed by atoms with Gasteiger partial charge in [-0.3, -0.25) is 14.4 Å². The van der Waals surface area contributed by atoms with E-state index in [0.717, 1.165) is 0 Å². The summed E-state index contributed by atoms with van der Waals surface area (Å²) in [5, 5.41) is 14.2. The number of carbonyl (C=O) groups excluding carboxylic acids is 1. The highest BCUT2D eigenvalue weighted by atomic mass is 32.2. The summed E-state index contributed by atoms with van der Waals surface area (Å²) in [6.07, 6.45) is 3.13. The van der Waals surface area contributed by atoms with Crippen molar-refractivity contribution in [2.75, 3.05) is 0 Å². The molecule has 0 unspecified atom stereocenters. The Labute approximate surface area is 106 Å². The van der Waals surface area contributed by atoms with E-state index >= 15 is 0 Å². The van der Waals surface area contributed by atoms with Gasteiger partial charge in [0.1, 0.15) is 17.4 Å². The first kappa shape index (κ1) is 11.0. The monoisotopic (exact) mass is 264 g/mol. The Morgan fingerprint density at radius 2 is 2.39 bits per heavy atom. The van der Waals surface area contributed by atoms with Gasteiger partial charge in [0.25, 0.3) is 5.91 Å². The molecule has 1 N–H and O–H groups in total. The molecule has 8 heteroatoms. The van der Waals surface area contributed by atoms with Crippen molar-refractivity contribution in [2.24, 2.45) is 7.05 Å². The van der Waals surface area contributed by atoms with Gasteiger partial charge in [-0.1, -0.05) is 0 Å². The van der Waals surface area contributed by atoms with Gasteiger partial charge in [-0.25, -0.2) is 9.78 Å². The molecule has 3 heterocycles. The minimum Gasteiger partial charge on any atom is -0.477 e. The van der Waals surface area contributed by atoms with Gasteiger partial charge in [0, 0.05) is 12.5 Å². The highest BCUT2D eigenvalue weighted by Crippen LogP contribution is 2.44. The van der Waals surface area contributed by atoms with Crippen molar-refractivity contribution in [1.29, 1.82) is 0 Å². The zero-order valence-electron chi connectivity index (χ0n) is 9.27. The van der Waals surface area contributed by atoms with E-state index in [1.165, 1.54) is 33.1 Å². The first-order valence-corrected chi connectivity index (χ1v) is 6.02. The predicted molar refractivity (Wildman–Crippen MR) is 62.9 cm³/mol. The molecule has 0 aromatic carbocycles. The fraction of sp³-hybridized carbons (Fsp3) is 0.200. The van der Waals surface area contributed by atoms with Crippen LogP contribution in [-0.4, -0.2) is 42.0 Å². The van der Waals surface area contributed by atoms with E-state index in [9.17, 15) is 9.59 Å². The fourth-order valence-electron chi connectivity index (χ4n) is 1.83. The van der Waals surface area contributed by atoms with E-state index in [0.29, 0.717) is 11.4 Å². The van der Waals surface area contributed by atoms with Gasteiger partial charge in [-0.05, 0) is 6.08 Å². The molecule has 1 atom stereocenters. The summed E-state index contributed by atoms with van der Waals surface area (Å²) in [5.41, 5.74) is 0.555. The summed E-state index contributed by atoms with van der Waals surface area (Å²) in [5.74, 6) is -0.940. The van der Waals surface area contributed by atoms with Crippen molar-refractivity contribution in [2.45, 2.75) is 5.37 Å². The van der Waals surface area contributed by atoms with E-state index in [4.69, 9.17) is 5.11 Å². The molecule has 0 bridgehead atoms. The van der Waals surface area contributed by atoms with Gasteiger partial charge in [0.05, 0.1) is 5.57 Å². The number of hydrogen-bond acceptors (Lipinski definition) is 5. The first-order valence-electron chi connectivity index (χ1n) is 5.07. The molecular formula is C10H8N4O3S. The highest BCUT2D eigenvalue weighted by Gasteiger charge is 2.49. The Morgan fingerprint density at radius 1 is 1.61 bits per heavy atom. The molecule has 7 nitrogen and oxygen atoms in total. The van der Waals surface area contributed by atoms with Crippen molar-refractivity contribution >= 4 is 29.7 Å². The Hall–Kier alpha value is -2.09. The summed E-state index contributed by atoms with van der Waals surface area (Å²) < 4.78 is 1.54. The molecule has 1 amide bonds. The van der Waals surface area contributed by atoms with E-state index in [2.05, 4.69) is 10.1 Å². The fourth-order valence-corrected chi connectivity index (χ4v) is 2.95. The molecule has 1 fully saturated rings. The molecule has 2 aliphatic heterocycles. The number of carbonyl (C=O) groups is 2. The van der Waals surface area contributed by atoms with Crippen molar-refractivity contribution in [3.05, 3.63) is 28.8 Å². The Kier molecular flexibility index (Phi) is 2.27. The average Bonchev–Trinajstić information content (AvgIpc) is 2.89. The number of thioether (sulfide) groups is 1. The smallest absolute Gasteiger partial charge is 0.353 e. The standard InChI is InChI=1S/C10H8N4O3S/c1-13-4-11-7(12-13)2-5-8(15)14-6(10(16)17)3-18-9(5)14/h2-4,9H,1H3,(H,16,17)/t9-/m0/s1. The number of aromatic nitrogens is 3. The molecule has 1 aromatic rings. The van der Waals surface area contributed by atoms with Crippen LogP contribution in [-0.2, 0) is 16.6 Å². The van der Waals surface area contributed by atoms with E-state index in [1.54, 1.807) is 13.1 Å². The molecular weight excluding hydrogens is 256 g/mol. The zero-order chi connectivity index (χ0) is 12.9. The Balaban J connectivity index is 1.86. The minimum atomic E-state index is -1.09. The molecule has 2 aliphatic rings. The number of rotatable bonds is 2. The van der Waals surface area contributed by atoms with Crippen LogP contribution in [0.25, 0.3) is 6.08 Å². The molecule has 3 rings (SSSR count). The van der Waals surface area contributed by atoms with Crippen LogP contribution in [0.15, 0.2) is 23.0 Å². The second-order valence-electron chi connectivity index (χ2n) is 3.85. The number of carboxylic acids is 1. The van der Waals surface area contributed by atoms with Crippen molar-refractivity contribution < 1.29 is 14.7 Å². The van der Waals surface area contributed by atoms with Crippen LogP contribution in [0.4, 0.5) is 0 Å². The summed E-state index contributed by atoms with van der Waals surface area (Å²) in [6.45, 7) is 0. The number of nitrogens with zero attached hydrogens (tertiary/aromatic N) is 4. The number of amides is 1. The van der Waals surface area contributed by atoms with Crippen LogP contribution >= 0.6 is 11.8 Å². The maximum atomic E-state index is 11.8. The maximum absolute atomic E-state index is 11.8. The lowest BCUT2D eigenvalue weighted by Gasteiger charge is -2.36. The normalized spacial score (nSPS) is 23.9. The predicted octanol–water partition coefficient (Wildman–Crippen LogP) is 0.0396. The lowest BCUT2D eigenvalue weighted by Crippen LogP contribution is -2.51. The van der Waals surface area contributed by atoms with Crippen LogP contribution in [0.1, 0.15) is 5.82 Å². The lowest BCUT2D eigenvalue weighted by molar-refractivity contribution is -0.141. The number of aryl methyl sites for hydroxylation is 1. The quantitative estimate of drug-likeness (QED) is 0.599. The third-order valence-corrected chi connectivity index (χ3v) is 3.74. The average molecular weight is 264 g/mol. The van der Waals surface area contributed by atoms with Gasteiger partial charge in [0.15, 0.2) is 5.82 Å². The highest BCUT2D eigenvalue weighted by molar-refractivity contribution is 8.03. The van der Waals surface area contributed by atoms with Crippen LogP contribution in [0.2, 0.25) is 0 Å². The third kappa shape index (κ3) is 1.46. The topological polar surface area (TPSA) is 88.3 Å². The van der Waals surface area contributed by atoms with Gasteiger partial charge >= 0.3 is 5.97 Å². The maximum Gasteiger partial charge on any atom is 0.353 e. The van der Waals surface area contributed by atoms with Crippen molar-refractivity contribution in [1.82, 2.24) is 19.7 Å². The summed E-state index contributed by atoms with van der Waals surface area (Å²) in [4.78, 5) is 28.0. The van der Waals surface area contributed by atoms with E-state index < -0.39 is 5.97 Å². The summed E-state index contributed by atoms with van der Waals surface area (Å²) in [6, 6.07) is 0. The van der Waals surface area contributed by atoms with Crippen LogP contribution in [0, 0.1) is 0 Å². The Morgan fingerprint density at radius 3 is 3.00 bits per heavy atom. The molecule has 1 aromatic heterocycles. The summed E-state index contributed by atoms with van der Waals surface area (Å²) >= 11 is 1.30. The number of aliphatic carboxylic acids is 1.